The van der Waals surface area contributed by atoms with E-state index in [9.17, 15) is 18.0 Å². The topological polar surface area (TPSA) is 53.4 Å². The SMILES string of the molecule is O=C(O)[C@@H]1CN(c2ncccc2Br)C[C@H]1C(F)(F)F. The maximum absolute atomic E-state index is 12.8. The van der Waals surface area contributed by atoms with Crippen LogP contribution in [0, 0.1) is 11.8 Å². The number of carboxylic acids is 1. The molecule has 0 saturated carbocycles. The molecule has 0 spiro atoms. The van der Waals surface area contributed by atoms with Gasteiger partial charge in [0, 0.05) is 19.3 Å². The molecule has 0 unspecified atom stereocenters. The van der Waals surface area contributed by atoms with E-state index in [1.54, 1.807) is 12.1 Å². The van der Waals surface area contributed by atoms with Crippen LogP contribution in [-0.2, 0) is 4.79 Å². The summed E-state index contributed by atoms with van der Waals surface area (Å²) in [4.78, 5) is 16.3. The second-order valence-corrected chi connectivity index (χ2v) is 5.16. The molecule has 104 valence electrons. The van der Waals surface area contributed by atoms with E-state index < -0.39 is 30.5 Å². The molecule has 0 radical (unpaired) electrons. The highest BCUT2D eigenvalue weighted by Gasteiger charge is 2.53. The van der Waals surface area contributed by atoms with Crippen molar-refractivity contribution in [3.8, 4) is 0 Å². The Hall–Kier alpha value is -1.31. The van der Waals surface area contributed by atoms with Crippen molar-refractivity contribution in [1.82, 2.24) is 4.98 Å². The molecule has 1 N–H and O–H groups in total. The molecule has 1 saturated heterocycles. The molecule has 1 aromatic heterocycles. The third-order valence-electron chi connectivity index (χ3n) is 3.10. The second-order valence-electron chi connectivity index (χ2n) is 4.31. The van der Waals surface area contributed by atoms with Gasteiger partial charge in [0.05, 0.1) is 16.3 Å². The van der Waals surface area contributed by atoms with Gasteiger partial charge in [0.25, 0.3) is 0 Å². The minimum atomic E-state index is -4.53. The van der Waals surface area contributed by atoms with Gasteiger partial charge in [-0.15, -0.1) is 0 Å². The Morgan fingerprint density at radius 3 is 2.63 bits per heavy atom. The molecular weight excluding hydrogens is 329 g/mol. The van der Waals surface area contributed by atoms with Gasteiger partial charge in [-0.05, 0) is 28.1 Å². The molecule has 2 heterocycles. The van der Waals surface area contributed by atoms with Crippen molar-refractivity contribution in [2.24, 2.45) is 11.8 Å². The van der Waals surface area contributed by atoms with Gasteiger partial charge in [-0.1, -0.05) is 0 Å². The Morgan fingerprint density at radius 1 is 1.47 bits per heavy atom. The van der Waals surface area contributed by atoms with Gasteiger partial charge in [-0.3, -0.25) is 4.79 Å². The molecule has 0 bridgehead atoms. The zero-order chi connectivity index (χ0) is 14.2. The van der Waals surface area contributed by atoms with Gasteiger partial charge in [-0.2, -0.15) is 13.2 Å². The lowest BCUT2D eigenvalue weighted by Gasteiger charge is -2.19. The molecule has 1 fully saturated rings. The van der Waals surface area contributed by atoms with Crippen LogP contribution in [0.5, 0.6) is 0 Å². The molecule has 1 aliphatic heterocycles. The molecule has 1 aromatic rings. The maximum atomic E-state index is 12.8. The van der Waals surface area contributed by atoms with Gasteiger partial charge in [-0.25, -0.2) is 4.98 Å². The molecule has 0 amide bonds. The Balaban J connectivity index is 2.28. The maximum Gasteiger partial charge on any atom is 0.394 e. The number of hydrogen-bond acceptors (Lipinski definition) is 3. The van der Waals surface area contributed by atoms with Crippen LogP contribution in [-0.4, -0.2) is 35.3 Å². The molecule has 0 aliphatic carbocycles. The van der Waals surface area contributed by atoms with Gasteiger partial charge >= 0.3 is 12.1 Å². The average Bonchev–Trinajstić information content (AvgIpc) is 2.74. The smallest absolute Gasteiger partial charge is 0.394 e. The van der Waals surface area contributed by atoms with E-state index in [1.165, 1.54) is 11.1 Å². The van der Waals surface area contributed by atoms with Crippen LogP contribution >= 0.6 is 15.9 Å². The lowest BCUT2D eigenvalue weighted by molar-refractivity contribution is -0.187. The average molecular weight is 339 g/mol. The van der Waals surface area contributed by atoms with Crippen LogP contribution in [0.25, 0.3) is 0 Å². The molecule has 1 aliphatic rings. The first kappa shape index (κ1) is 14.1. The molecule has 2 rings (SSSR count). The van der Waals surface area contributed by atoms with Crippen LogP contribution in [0.1, 0.15) is 0 Å². The molecule has 8 heteroatoms. The first-order chi connectivity index (χ1) is 8.80. The van der Waals surface area contributed by atoms with E-state index in [2.05, 4.69) is 20.9 Å². The predicted octanol–water partition coefficient (Wildman–Crippen LogP) is 2.54. The predicted molar refractivity (Wildman–Crippen MR) is 64.8 cm³/mol. The van der Waals surface area contributed by atoms with Crippen molar-refractivity contribution in [2.45, 2.75) is 6.18 Å². The number of hydrogen-bond donors (Lipinski definition) is 1. The quantitative estimate of drug-likeness (QED) is 0.900. The molecular formula is C11H10BrF3N2O2. The van der Waals surface area contributed by atoms with Crippen LogP contribution in [0.15, 0.2) is 22.8 Å². The van der Waals surface area contributed by atoms with Crippen LogP contribution < -0.4 is 4.90 Å². The highest BCUT2D eigenvalue weighted by Crippen LogP contribution is 2.40. The fourth-order valence-corrected chi connectivity index (χ4v) is 2.67. The van der Waals surface area contributed by atoms with Crippen molar-refractivity contribution in [2.75, 3.05) is 18.0 Å². The number of carboxylic acid groups (broad SMARTS) is 1. The van der Waals surface area contributed by atoms with Gasteiger partial charge < -0.3 is 10.0 Å². The van der Waals surface area contributed by atoms with E-state index >= 15 is 0 Å². The standard InChI is InChI=1S/C11H10BrF3N2O2/c12-8-2-1-3-16-9(8)17-4-6(10(18)19)7(5-17)11(13,14)15/h1-3,6-7H,4-5H2,(H,18,19)/t6-,7-/m1/s1. The van der Waals surface area contributed by atoms with E-state index in [0.717, 1.165) is 0 Å². The highest BCUT2D eigenvalue weighted by atomic mass is 79.9. The summed E-state index contributed by atoms with van der Waals surface area (Å²) in [6, 6.07) is 3.29. The van der Waals surface area contributed by atoms with Gasteiger partial charge in [0.1, 0.15) is 5.82 Å². The number of halogens is 4. The van der Waals surface area contributed by atoms with E-state index in [4.69, 9.17) is 5.11 Å². The summed E-state index contributed by atoms with van der Waals surface area (Å²) in [5, 5.41) is 8.92. The lowest BCUT2D eigenvalue weighted by Crippen LogP contribution is -2.33. The number of aromatic nitrogens is 1. The summed E-state index contributed by atoms with van der Waals surface area (Å²) >= 11 is 3.20. The first-order valence-corrected chi connectivity index (χ1v) is 6.25. The summed E-state index contributed by atoms with van der Waals surface area (Å²) in [6.07, 6.45) is -3.07. The zero-order valence-corrected chi connectivity index (χ0v) is 11.1. The largest absolute Gasteiger partial charge is 0.481 e. The number of anilines is 1. The Labute approximate surface area is 115 Å². The van der Waals surface area contributed by atoms with E-state index in [0.29, 0.717) is 10.3 Å². The third-order valence-corrected chi connectivity index (χ3v) is 3.72. The fourth-order valence-electron chi connectivity index (χ4n) is 2.17. The number of rotatable bonds is 2. The normalized spacial score (nSPS) is 23.7. The minimum Gasteiger partial charge on any atom is -0.481 e. The summed E-state index contributed by atoms with van der Waals surface area (Å²) in [7, 11) is 0. The first-order valence-electron chi connectivity index (χ1n) is 5.45. The number of alkyl halides is 3. The lowest BCUT2D eigenvalue weighted by atomic mass is 9.96. The number of carbonyl (C=O) groups is 1. The monoisotopic (exact) mass is 338 g/mol. The molecule has 0 aromatic carbocycles. The summed E-state index contributed by atoms with van der Waals surface area (Å²) < 4.78 is 39.1. The van der Waals surface area contributed by atoms with Crippen LogP contribution in [0.2, 0.25) is 0 Å². The van der Waals surface area contributed by atoms with E-state index in [1.807, 2.05) is 0 Å². The number of pyridine rings is 1. The van der Waals surface area contributed by atoms with Crippen LogP contribution in [0.3, 0.4) is 0 Å². The molecule has 2 atom stereocenters. The van der Waals surface area contributed by atoms with Gasteiger partial charge in [0.15, 0.2) is 0 Å². The second kappa shape index (κ2) is 4.99. The van der Waals surface area contributed by atoms with Crippen molar-refractivity contribution in [3.05, 3.63) is 22.8 Å². The fraction of sp³-hybridized carbons (Fsp3) is 0.455. The van der Waals surface area contributed by atoms with Gasteiger partial charge in [0.2, 0.25) is 0 Å². The summed E-state index contributed by atoms with van der Waals surface area (Å²) in [5.41, 5.74) is 0. The van der Waals surface area contributed by atoms with Crippen molar-refractivity contribution in [1.29, 1.82) is 0 Å². The highest BCUT2D eigenvalue weighted by molar-refractivity contribution is 9.10. The van der Waals surface area contributed by atoms with Crippen LogP contribution in [0.4, 0.5) is 19.0 Å². The van der Waals surface area contributed by atoms with Crippen molar-refractivity contribution in [3.63, 3.8) is 0 Å². The number of nitrogens with zero attached hydrogens (tertiary/aromatic N) is 2. The molecule has 19 heavy (non-hydrogen) atoms. The zero-order valence-electron chi connectivity index (χ0n) is 9.56. The van der Waals surface area contributed by atoms with E-state index in [-0.39, 0.29) is 6.54 Å². The third kappa shape index (κ3) is 2.83. The number of aliphatic carboxylic acids is 1. The van der Waals surface area contributed by atoms with Crippen molar-refractivity contribution < 1.29 is 23.1 Å². The van der Waals surface area contributed by atoms with Crippen molar-refractivity contribution >= 4 is 27.7 Å². The Morgan fingerprint density at radius 2 is 2.16 bits per heavy atom. The summed E-state index contributed by atoms with van der Waals surface area (Å²) in [6.45, 7) is -0.592. The minimum absolute atomic E-state index is 0.199. The summed E-state index contributed by atoms with van der Waals surface area (Å²) in [5.74, 6) is -4.44. The molecule has 4 nitrogen and oxygen atoms in total. The Bertz CT molecular complexity index is 495. The Kier molecular flexibility index (Phi) is 3.71.